The molecule has 0 aliphatic rings. The zero-order valence-electron chi connectivity index (χ0n) is 24.4. The lowest BCUT2D eigenvalue weighted by Crippen LogP contribution is -2.53. The van der Waals surface area contributed by atoms with Crippen molar-refractivity contribution in [2.75, 3.05) is 10.8 Å². The van der Waals surface area contributed by atoms with Gasteiger partial charge in [0.25, 0.3) is 10.0 Å². The summed E-state index contributed by atoms with van der Waals surface area (Å²) in [6, 6.07) is 13.4. The summed E-state index contributed by atoms with van der Waals surface area (Å²) in [5.74, 6) is -1.81. The molecular weight excluding hydrogens is 586 g/mol. The number of hydrogen-bond donors (Lipinski definition) is 1. The van der Waals surface area contributed by atoms with Gasteiger partial charge in [-0.25, -0.2) is 12.8 Å². The highest BCUT2D eigenvalue weighted by molar-refractivity contribution is 7.92. The first kappa shape index (κ1) is 33.6. The minimum Gasteiger partial charge on any atom is -0.352 e. The molecule has 0 radical (unpaired) electrons. The Morgan fingerprint density at radius 3 is 2.12 bits per heavy atom. The minimum absolute atomic E-state index is 0.156. The average molecular weight is 622 g/mol. The van der Waals surface area contributed by atoms with Crippen LogP contribution in [0, 0.1) is 12.7 Å². The van der Waals surface area contributed by atoms with E-state index in [1.54, 1.807) is 20.8 Å². The molecule has 0 aromatic heterocycles. The lowest BCUT2D eigenvalue weighted by molar-refractivity contribution is -0.140. The van der Waals surface area contributed by atoms with Crippen LogP contribution in [0.5, 0.6) is 0 Å². The second-order valence-corrected chi connectivity index (χ2v) is 12.1. The van der Waals surface area contributed by atoms with Crippen LogP contribution in [0.4, 0.5) is 23.2 Å². The van der Waals surface area contributed by atoms with Crippen LogP contribution in [-0.4, -0.2) is 43.8 Å². The van der Waals surface area contributed by atoms with Gasteiger partial charge in [-0.3, -0.25) is 13.9 Å². The third-order valence-corrected chi connectivity index (χ3v) is 8.79. The fourth-order valence-electron chi connectivity index (χ4n) is 4.35. The van der Waals surface area contributed by atoms with Crippen LogP contribution in [0.15, 0.2) is 77.7 Å². The van der Waals surface area contributed by atoms with E-state index < -0.39 is 52.0 Å². The standard InChI is InChI=1S/C31H35F4N3O4S/c1-5-22(4)36-30(40)28(6-2)37(19-23-12-14-25(32)15-13-23)29(39)20-38(26-9-7-8-24(18-26)31(33,34)35)43(41,42)27-16-10-21(3)11-17-27/h7-18,22,28H,5-6,19-20H2,1-4H3,(H,36,40)/t22-,28+/m1/s1. The Hall–Kier alpha value is -3.93. The lowest BCUT2D eigenvalue weighted by atomic mass is 10.1. The van der Waals surface area contributed by atoms with Gasteiger partial charge in [0.15, 0.2) is 0 Å². The Morgan fingerprint density at radius 1 is 0.930 bits per heavy atom. The van der Waals surface area contributed by atoms with Gasteiger partial charge in [0.1, 0.15) is 18.4 Å². The van der Waals surface area contributed by atoms with Crippen LogP contribution in [0.25, 0.3) is 0 Å². The van der Waals surface area contributed by atoms with E-state index in [0.29, 0.717) is 22.4 Å². The maximum absolute atomic E-state index is 14.0. The number of nitrogens with one attached hydrogen (secondary N) is 1. The zero-order valence-corrected chi connectivity index (χ0v) is 25.2. The molecule has 0 saturated heterocycles. The molecule has 0 aliphatic heterocycles. The predicted molar refractivity (Wildman–Crippen MR) is 156 cm³/mol. The van der Waals surface area contributed by atoms with E-state index in [0.717, 1.165) is 17.7 Å². The van der Waals surface area contributed by atoms with Gasteiger partial charge in [-0.15, -0.1) is 0 Å². The van der Waals surface area contributed by atoms with E-state index >= 15 is 0 Å². The molecular formula is C31H35F4N3O4S. The first-order valence-corrected chi connectivity index (χ1v) is 15.2. The number of sulfonamides is 1. The number of alkyl halides is 3. The molecule has 7 nitrogen and oxygen atoms in total. The molecule has 2 amide bonds. The largest absolute Gasteiger partial charge is 0.416 e. The number of rotatable bonds is 12. The van der Waals surface area contributed by atoms with Crippen molar-refractivity contribution in [2.24, 2.45) is 0 Å². The number of halogens is 4. The van der Waals surface area contributed by atoms with E-state index in [-0.39, 0.29) is 29.6 Å². The van der Waals surface area contributed by atoms with E-state index in [1.165, 1.54) is 59.5 Å². The molecule has 232 valence electrons. The topological polar surface area (TPSA) is 86.8 Å². The van der Waals surface area contributed by atoms with Gasteiger partial charge in [-0.2, -0.15) is 13.2 Å². The molecule has 3 aromatic carbocycles. The number of amides is 2. The summed E-state index contributed by atoms with van der Waals surface area (Å²) >= 11 is 0. The normalized spacial score (nSPS) is 13.2. The molecule has 0 heterocycles. The molecule has 0 fully saturated rings. The van der Waals surface area contributed by atoms with Crippen molar-refractivity contribution in [1.29, 1.82) is 0 Å². The van der Waals surface area contributed by atoms with Gasteiger partial charge < -0.3 is 10.2 Å². The van der Waals surface area contributed by atoms with Crippen LogP contribution in [0.2, 0.25) is 0 Å². The van der Waals surface area contributed by atoms with E-state index in [2.05, 4.69) is 5.32 Å². The molecule has 0 saturated carbocycles. The number of carbonyl (C=O) groups is 2. The average Bonchev–Trinajstić information content (AvgIpc) is 2.96. The molecule has 3 rings (SSSR count). The smallest absolute Gasteiger partial charge is 0.352 e. The summed E-state index contributed by atoms with van der Waals surface area (Å²) in [6.45, 7) is 6.02. The SMILES string of the molecule is CC[C@@H](C)NC(=O)[C@H](CC)N(Cc1ccc(F)cc1)C(=O)CN(c1cccc(C(F)(F)F)c1)S(=O)(=O)c1ccc(C)cc1. The lowest BCUT2D eigenvalue weighted by Gasteiger charge is -2.34. The number of aryl methyl sites for hydroxylation is 1. The van der Waals surface area contributed by atoms with Crippen molar-refractivity contribution in [2.45, 2.75) is 70.2 Å². The maximum atomic E-state index is 14.0. The van der Waals surface area contributed by atoms with Crippen molar-refractivity contribution in [3.63, 3.8) is 0 Å². The van der Waals surface area contributed by atoms with Crippen molar-refractivity contribution in [3.8, 4) is 0 Å². The summed E-state index contributed by atoms with van der Waals surface area (Å²) in [6.07, 6.45) is -4.00. The zero-order chi connectivity index (χ0) is 31.9. The van der Waals surface area contributed by atoms with Crippen LogP contribution in [0.1, 0.15) is 50.3 Å². The molecule has 12 heteroatoms. The van der Waals surface area contributed by atoms with Gasteiger partial charge in [0.05, 0.1) is 16.1 Å². The highest BCUT2D eigenvalue weighted by Crippen LogP contribution is 2.33. The van der Waals surface area contributed by atoms with Crippen molar-refractivity contribution in [3.05, 3.63) is 95.3 Å². The molecule has 3 aromatic rings. The molecule has 0 spiro atoms. The van der Waals surface area contributed by atoms with Crippen LogP contribution in [-0.2, 0) is 32.3 Å². The fraction of sp³-hybridized carbons (Fsp3) is 0.355. The van der Waals surface area contributed by atoms with Gasteiger partial charge >= 0.3 is 6.18 Å². The summed E-state index contributed by atoms with van der Waals surface area (Å²) in [7, 11) is -4.55. The molecule has 0 bridgehead atoms. The number of benzene rings is 3. The monoisotopic (exact) mass is 621 g/mol. The van der Waals surface area contributed by atoms with E-state index in [1.807, 2.05) is 6.92 Å². The quantitative estimate of drug-likeness (QED) is 0.249. The summed E-state index contributed by atoms with van der Waals surface area (Å²) < 4.78 is 82.8. The number of anilines is 1. The number of nitrogens with zero attached hydrogens (tertiary/aromatic N) is 2. The summed E-state index contributed by atoms with van der Waals surface area (Å²) in [5, 5.41) is 2.83. The number of hydrogen-bond acceptors (Lipinski definition) is 4. The molecule has 0 unspecified atom stereocenters. The van der Waals surface area contributed by atoms with Gasteiger partial charge in [0.2, 0.25) is 11.8 Å². The van der Waals surface area contributed by atoms with Crippen LogP contribution in [0.3, 0.4) is 0 Å². The first-order valence-electron chi connectivity index (χ1n) is 13.8. The molecule has 0 aliphatic carbocycles. The Kier molecular flexibility index (Phi) is 11.0. The Balaban J connectivity index is 2.12. The fourth-order valence-corrected chi connectivity index (χ4v) is 5.76. The summed E-state index contributed by atoms with van der Waals surface area (Å²) in [4.78, 5) is 28.2. The molecule has 1 N–H and O–H groups in total. The molecule has 2 atom stereocenters. The van der Waals surface area contributed by atoms with Gasteiger partial charge in [-0.1, -0.05) is 49.7 Å². The van der Waals surface area contributed by atoms with Crippen molar-refractivity contribution < 1.29 is 35.6 Å². The van der Waals surface area contributed by atoms with Crippen LogP contribution < -0.4 is 9.62 Å². The van der Waals surface area contributed by atoms with E-state index in [9.17, 15) is 35.6 Å². The summed E-state index contributed by atoms with van der Waals surface area (Å²) in [5.41, 5.74) is -0.243. The predicted octanol–water partition coefficient (Wildman–Crippen LogP) is 6.07. The van der Waals surface area contributed by atoms with Crippen molar-refractivity contribution >= 4 is 27.5 Å². The molecule has 43 heavy (non-hydrogen) atoms. The van der Waals surface area contributed by atoms with Gasteiger partial charge in [-0.05, 0) is 74.7 Å². The van der Waals surface area contributed by atoms with Crippen LogP contribution >= 0.6 is 0 Å². The van der Waals surface area contributed by atoms with E-state index in [4.69, 9.17) is 0 Å². The Morgan fingerprint density at radius 2 is 1.56 bits per heavy atom. The Labute approximate surface area is 249 Å². The maximum Gasteiger partial charge on any atom is 0.416 e. The second-order valence-electron chi connectivity index (χ2n) is 10.3. The third kappa shape index (κ3) is 8.56. The minimum atomic E-state index is -4.77. The van der Waals surface area contributed by atoms with Gasteiger partial charge in [0, 0.05) is 12.6 Å². The third-order valence-electron chi connectivity index (χ3n) is 7.00. The highest BCUT2D eigenvalue weighted by atomic mass is 32.2. The first-order chi connectivity index (χ1) is 20.2. The highest BCUT2D eigenvalue weighted by Gasteiger charge is 2.36. The number of carbonyl (C=O) groups excluding carboxylic acids is 2. The second kappa shape index (κ2) is 14.0. The van der Waals surface area contributed by atoms with Crippen molar-refractivity contribution in [1.82, 2.24) is 10.2 Å². The Bertz CT molecular complexity index is 1510.